The van der Waals surface area contributed by atoms with Crippen molar-refractivity contribution in [1.29, 1.82) is 0 Å². The van der Waals surface area contributed by atoms with Gasteiger partial charge < -0.3 is 0 Å². The maximum Gasteiger partial charge on any atom is -0.0162 e. The first-order valence-electron chi connectivity index (χ1n) is 9.82. The molecule has 3 rings (SSSR count). The Morgan fingerprint density at radius 1 is 0.826 bits per heavy atom. The number of benzene rings is 2. The molecule has 0 bridgehead atoms. The van der Waals surface area contributed by atoms with Crippen molar-refractivity contribution >= 4 is 10.8 Å². The van der Waals surface area contributed by atoms with Gasteiger partial charge in [-0.2, -0.15) is 0 Å². The number of unbranched alkanes of at least 4 members (excludes halogenated alkanes) is 1. The van der Waals surface area contributed by atoms with E-state index in [-0.39, 0.29) is 0 Å². The Bertz CT molecular complexity index is 617. The molecule has 1 saturated carbocycles. The first kappa shape index (κ1) is 16.6. The van der Waals surface area contributed by atoms with E-state index in [0.717, 1.165) is 11.8 Å². The van der Waals surface area contributed by atoms with Crippen molar-refractivity contribution in [2.45, 2.75) is 77.6 Å². The molecule has 1 aliphatic rings. The Labute approximate surface area is 142 Å². The third kappa shape index (κ3) is 4.16. The number of rotatable bonds is 6. The summed E-state index contributed by atoms with van der Waals surface area (Å²) in [6.45, 7) is 4.57. The first-order chi connectivity index (χ1) is 11.3. The van der Waals surface area contributed by atoms with Crippen LogP contribution in [-0.4, -0.2) is 0 Å². The summed E-state index contributed by atoms with van der Waals surface area (Å²) in [5.74, 6) is 1.80. The van der Waals surface area contributed by atoms with Gasteiger partial charge in [0, 0.05) is 0 Å². The number of hydrogen-bond donors (Lipinski definition) is 0. The van der Waals surface area contributed by atoms with Crippen LogP contribution in [0.15, 0.2) is 36.4 Å². The molecule has 0 aliphatic heterocycles. The van der Waals surface area contributed by atoms with Gasteiger partial charge in [-0.1, -0.05) is 75.9 Å². The van der Waals surface area contributed by atoms with Gasteiger partial charge in [-0.05, 0) is 65.8 Å². The first-order valence-corrected chi connectivity index (χ1v) is 9.82. The normalized spacial score (nSPS) is 21.7. The Hall–Kier alpha value is -1.30. The highest BCUT2D eigenvalue weighted by atomic mass is 14.3. The minimum Gasteiger partial charge on any atom is -0.0654 e. The molecule has 23 heavy (non-hydrogen) atoms. The summed E-state index contributed by atoms with van der Waals surface area (Å²) in [4.78, 5) is 0. The SMILES string of the molecule is CCCCC1CCC(c2ccc3cc(CCC)ccc3c2)CC1. The van der Waals surface area contributed by atoms with Crippen molar-refractivity contribution in [2.24, 2.45) is 5.92 Å². The second-order valence-electron chi connectivity index (χ2n) is 7.55. The molecule has 0 aromatic heterocycles. The summed E-state index contributed by atoms with van der Waals surface area (Å²) in [6.07, 6.45) is 12.3. The molecule has 0 amide bonds. The van der Waals surface area contributed by atoms with Gasteiger partial charge in [0.05, 0.1) is 0 Å². The zero-order valence-corrected chi connectivity index (χ0v) is 15.0. The van der Waals surface area contributed by atoms with Crippen molar-refractivity contribution in [2.75, 3.05) is 0 Å². The Morgan fingerprint density at radius 3 is 2.30 bits per heavy atom. The van der Waals surface area contributed by atoms with Crippen molar-refractivity contribution in [3.05, 3.63) is 47.5 Å². The Balaban J connectivity index is 1.68. The summed E-state index contributed by atoms with van der Waals surface area (Å²) < 4.78 is 0. The highest BCUT2D eigenvalue weighted by Crippen LogP contribution is 2.38. The lowest BCUT2D eigenvalue weighted by molar-refractivity contribution is 0.304. The molecule has 124 valence electrons. The monoisotopic (exact) mass is 308 g/mol. The minimum atomic E-state index is 0.799. The number of hydrogen-bond acceptors (Lipinski definition) is 0. The van der Waals surface area contributed by atoms with Crippen LogP contribution in [0.3, 0.4) is 0 Å². The summed E-state index contributed by atoms with van der Waals surface area (Å²) >= 11 is 0. The lowest BCUT2D eigenvalue weighted by Crippen LogP contribution is -2.13. The maximum atomic E-state index is 2.46. The Morgan fingerprint density at radius 2 is 1.57 bits per heavy atom. The predicted molar refractivity (Wildman–Crippen MR) is 102 cm³/mol. The molecule has 0 heteroatoms. The van der Waals surface area contributed by atoms with Crippen molar-refractivity contribution in [3.63, 3.8) is 0 Å². The summed E-state index contributed by atoms with van der Waals surface area (Å²) in [6, 6.07) is 14.2. The van der Waals surface area contributed by atoms with Crippen LogP contribution < -0.4 is 0 Å². The summed E-state index contributed by atoms with van der Waals surface area (Å²) in [5, 5.41) is 2.84. The van der Waals surface area contributed by atoms with Crippen LogP contribution >= 0.6 is 0 Å². The van der Waals surface area contributed by atoms with E-state index in [1.54, 1.807) is 5.56 Å². The van der Waals surface area contributed by atoms with Crippen LogP contribution in [-0.2, 0) is 6.42 Å². The van der Waals surface area contributed by atoms with Gasteiger partial charge in [0.1, 0.15) is 0 Å². The predicted octanol–water partition coefficient (Wildman–Crippen LogP) is 7.26. The maximum absolute atomic E-state index is 2.46. The zero-order chi connectivity index (χ0) is 16.1. The van der Waals surface area contributed by atoms with E-state index in [1.165, 1.54) is 74.1 Å². The van der Waals surface area contributed by atoms with Crippen LogP contribution in [0.4, 0.5) is 0 Å². The van der Waals surface area contributed by atoms with E-state index in [9.17, 15) is 0 Å². The van der Waals surface area contributed by atoms with E-state index in [2.05, 4.69) is 50.2 Å². The highest BCUT2D eigenvalue weighted by Gasteiger charge is 2.22. The van der Waals surface area contributed by atoms with Crippen molar-refractivity contribution in [3.8, 4) is 0 Å². The van der Waals surface area contributed by atoms with Crippen molar-refractivity contribution < 1.29 is 0 Å². The number of aryl methyl sites for hydroxylation is 1. The molecule has 2 aromatic carbocycles. The molecule has 0 nitrogen and oxygen atoms in total. The van der Waals surface area contributed by atoms with Crippen LogP contribution in [0.5, 0.6) is 0 Å². The average Bonchev–Trinajstić information content (AvgIpc) is 2.60. The molecule has 0 spiro atoms. The fourth-order valence-electron chi connectivity index (χ4n) is 4.29. The molecule has 0 saturated heterocycles. The molecular formula is C23H32. The van der Waals surface area contributed by atoms with Gasteiger partial charge in [0.25, 0.3) is 0 Å². The molecule has 0 radical (unpaired) electrons. The van der Waals surface area contributed by atoms with E-state index in [1.807, 2.05) is 0 Å². The van der Waals surface area contributed by atoms with E-state index in [4.69, 9.17) is 0 Å². The smallest absolute Gasteiger partial charge is 0.0162 e. The molecule has 1 fully saturated rings. The second-order valence-corrected chi connectivity index (χ2v) is 7.55. The fourth-order valence-corrected chi connectivity index (χ4v) is 4.29. The third-order valence-electron chi connectivity index (χ3n) is 5.75. The molecule has 1 aliphatic carbocycles. The quantitative estimate of drug-likeness (QED) is 0.527. The topological polar surface area (TPSA) is 0 Å². The minimum absolute atomic E-state index is 0.799. The lowest BCUT2D eigenvalue weighted by Gasteiger charge is -2.29. The van der Waals surface area contributed by atoms with Crippen LogP contribution in [0.25, 0.3) is 10.8 Å². The van der Waals surface area contributed by atoms with Crippen LogP contribution in [0.2, 0.25) is 0 Å². The standard InChI is InChI=1S/C23H32/c1-3-5-7-18-8-11-20(12-9-18)22-15-14-21-16-19(6-4-2)10-13-23(21)17-22/h10,13-18,20H,3-9,11-12H2,1-2H3. The average molecular weight is 309 g/mol. The number of fused-ring (bicyclic) bond motifs is 1. The highest BCUT2D eigenvalue weighted by molar-refractivity contribution is 5.84. The van der Waals surface area contributed by atoms with Gasteiger partial charge >= 0.3 is 0 Å². The molecular weight excluding hydrogens is 276 g/mol. The van der Waals surface area contributed by atoms with E-state index in [0.29, 0.717) is 0 Å². The van der Waals surface area contributed by atoms with Gasteiger partial charge in [-0.15, -0.1) is 0 Å². The molecule has 0 atom stereocenters. The van der Waals surface area contributed by atoms with E-state index >= 15 is 0 Å². The molecule has 2 aromatic rings. The van der Waals surface area contributed by atoms with Gasteiger partial charge in [-0.25, -0.2) is 0 Å². The lowest BCUT2D eigenvalue weighted by atomic mass is 9.77. The largest absolute Gasteiger partial charge is 0.0654 e. The fraction of sp³-hybridized carbons (Fsp3) is 0.565. The zero-order valence-electron chi connectivity index (χ0n) is 15.0. The van der Waals surface area contributed by atoms with Crippen LogP contribution in [0.1, 0.15) is 82.3 Å². The van der Waals surface area contributed by atoms with Crippen molar-refractivity contribution in [1.82, 2.24) is 0 Å². The molecule has 0 heterocycles. The van der Waals surface area contributed by atoms with Gasteiger partial charge in [0.2, 0.25) is 0 Å². The molecule has 0 N–H and O–H groups in total. The second kappa shape index (κ2) is 7.99. The molecule has 0 unspecified atom stereocenters. The summed E-state index contributed by atoms with van der Waals surface area (Å²) in [5.41, 5.74) is 3.05. The summed E-state index contributed by atoms with van der Waals surface area (Å²) in [7, 11) is 0. The van der Waals surface area contributed by atoms with Gasteiger partial charge in [-0.3, -0.25) is 0 Å². The van der Waals surface area contributed by atoms with E-state index < -0.39 is 0 Å². The Kier molecular flexibility index (Phi) is 5.75. The van der Waals surface area contributed by atoms with Gasteiger partial charge in [0.15, 0.2) is 0 Å². The van der Waals surface area contributed by atoms with Crippen LogP contribution in [0, 0.1) is 5.92 Å². The third-order valence-corrected chi connectivity index (χ3v) is 5.75.